The number of nitrogens with zero attached hydrogens (tertiary/aromatic N) is 3. The molecule has 2 atom stereocenters. The lowest BCUT2D eigenvalue weighted by atomic mass is 10.0. The molecule has 2 N–H and O–H groups in total. The smallest absolute Gasteiger partial charge is 0.154 e. The number of fused-ring (bicyclic) bond motifs is 7. The molecule has 6 heteroatoms. The minimum atomic E-state index is -0.271. The molecule has 3 aromatic heterocycles. The van der Waals surface area contributed by atoms with Gasteiger partial charge in [0.05, 0.1) is 17.2 Å². The summed E-state index contributed by atoms with van der Waals surface area (Å²) in [6, 6.07) is 57.9. The van der Waals surface area contributed by atoms with E-state index in [0.29, 0.717) is 0 Å². The molecule has 6 nitrogen and oxygen atoms in total. The van der Waals surface area contributed by atoms with Crippen LogP contribution in [0.1, 0.15) is 29.0 Å². The van der Waals surface area contributed by atoms with Crippen molar-refractivity contribution in [3.63, 3.8) is 0 Å². The van der Waals surface area contributed by atoms with Gasteiger partial charge in [0.25, 0.3) is 0 Å². The van der Waals surface area contributed by atoms with E-state index < -0.39 is 0 Å². The average Bonchev–Trinajstić information content (AvgIpc) is 3.78. The first-order chi connectivity index (χ1) is 26.7. The molecule has 0 saturated heterocycles. The van der Waals surface area contributed by atoms with Crippen LogP contribution < -0.4 is 10.6 Å². The van der Waals surface area contributed by atoms with Gasteiger partial charge in [0.1, 0.15) is 23.8 Å². The minimum absolute atomic E-state index is 0.195. The van der Waals surface area contributed by atoms with Crippen LogP contribution in [0, 0.1) is 0 Å². The van der Waals surface area contributed by atoms with Crippen molar-refractivity contribution in [1.29, 1.82) is 0 Å². The monoisotopic (exact) mass is 695 g/mol. The third-order valence-electron chi connectivity index (χ3n) is 10.7. The molecule has 1 aliphatic rings. The first kappa shape index (κ1) is 30.6. The molecule has 10 aromatic rings. The van der Waals surface area contributed by atoms with Crippen molar-refractivity contribution in [1.82, 2.24) is 20.2 Å². The van der Waals surface area contributed by atoms with Crippen LogP contribution in [0.2, 0.25) is 0 Å². The van der Waals surface area contributed by atoms with E-state index in [9.17, 15) is 0 Å². The molecule has 11 rings (SSSR count). The lowest BCUT2D eigenvalue weighted by Gasteiger charge is -2.32. The van der Waals surface area contributed by atoms with Crippen molar-refractivity contribution in [2.24, 2.45) is 4.99 Å². The summed E-state index contributed by atoms with van der Waals surface area (Å²) >= 11 is 0. The Morgan fingerprint density at radius 3 is 2.09 bits per heavy atom. The lowest BCUT2D eigenvalue weighted by Crippen LogP contribution is -2.45. The summed E-state index contributed by atoms with van der Waals surface area (Å²) in [5, 5.41) is 14.4. The number of hydrogen-bond donors (Lipinski definition) is 2. The molecule has 4 heterocycles. The molecule has 0 spiro atoms. The Morgan fingerprint density at radius 1 is 0.537 bits per heavy atom. The number of hydrogen-bond acceptors (Lipinski definition) is 5. The van der Waals surface area contributed by atoms with Crippen LogP contribution in [0.15, 0.2) is 186 Å². The lowest BCUT2D eigenvalue weighted by molar-refractivity contribution is 0.409. The topological polar surface area (TPSA) is 67.4 Å². The van der Waals surface area contributed by atoms with E-state index in [1.54, 1.807) is 6.20 Å². The Hall–Kier alpha value is -7.02. The number of para-hydroxylation sites is 1. The number of aromatic nitrogens is 2. The zero-order valence-electron chi connectivity index (χ0n) is 29.1. The van der Waals surface area contributed by atoms with Crippen LogP contribution in [0.5, 0.6) is 0 Å². The number of amidine groups is 1. The summed E-state index contributed by atoms with van der Waals surface area (Å²) in [6.07, 6.45) is 3.24. The van der Waals surface area contributed by atoms with Gasteiger partial charge < -0.3 is 14.3 Å². The fourth-order valence-corrected chi connectivity index (χ4v) is 8.14. The quantitative estimate of drug-likeness (QED) is 0.188. The van der Waals surface area contributed by atoms with E-state index in [0.717, 1.165) is 61.2 Å². The van der Waals surface area contributed by atoms with E-state index in [1.807, 2.05) is 18.3 Å². The van der Waals surface area contributed by atoms with Crippen molar-refractivity contribution in [2.45, 2.75) is 12.3 Å². The summed E-state index contributed by atoms with van der Waals surface area (Å²) < 4.78 is 8.97. The molecule has 0 bridgehead atoms. The summed E-state index contributed by atoms with van der Waals surface area (Å²) in [6.45, 7) is 0. The minimum Gasteiger partial charge on any atom is -0.454 e. The highest BCUT2D eigenvalue weighted by Gasteiger charge is 2.27. The van der Waals surface area contributed by atoms with Gasteiger partial charge in [0, 0.05) is 45.1 Å². The Morgan fingerprint density at radius 2 is 1.26 bits per heavy atom. The van der Waals surface area contributed by atoms with E-state index in [1.165, 1.54) is 32.7 Å². The summed E-state index contributed by atoms with van der Waals surface area (Å²) in [5.41, 5.74) is 10.3. The SMILES string of the molecule is c1ccc(-c2ccc(C3NC(c4cncc5oc6cc(-n7c8ccccc8c8cc9ccccc9cc87)ccc6c45)=NC(c4ccccc4)N3)cc2)cc1. The number of rotatable bonds is 5. The van der Waals surface area contributed by atoms with Crippen LogP contribution in [0.3, 0.4) is 0 Å². The fraction of sp³-hybridized carbons (Fsp3) is 0.0417. The Labute approximate surface area is 311 Å². The van der Waals surface area contributed by atoms with E-state index in [4.69, 9.17) is 9.41 Å². The predicted octanol–water partition coefficient (Wildman–Crippen LogP) is 11.2. The van der Waals surface area contributed by atoms with Crippen LogP contribution in [-0.2, 0) is 0 Å². The highest BCUT2D eigenvalue weighted by atomic mass is 16.3. The van der Waals surface area contributed by atoms with Gasteiger partial charge >= 0.3 is 0 Å². The van der Waals surface area contributed by atoms with Gasteiger partial charge in [-0.05, 0) is 63.4 Å². The second-order valence-corrected chi connectivity index (χ2v) is 13.9. The molecule has 0 aliphatic carbocycles. The summed E-state index contributed by atoms with van der Waals surface area (Å²) in [4.78, 5) is 9.93. The van der Waals surface area contributed by atoms with Crippen molar-refractivity contribution in [3.05, 3.63) is 193 Å². The molecule has 0 amide bonds. The fourth-order valence-electron chi connectivity index (χ4n) is 8.14. The van der Waals surface area contributed by atoms with E-state index in [-0.39, 0.29) is 12.3 Å². The van der Waals surface area contributed by atoms with E-state index >= 15 is 0 Å². The first-order valence-electron chi connectivity index (χ1n) is 18.3. The molecule has 0 fully saturated rings. The number of nitrogens with one attached hydrogen (secondary N) is 2. The summed E-state index contributed by atoms with van der Waals surface area (Å²) in [7, 11) is 0. The summed E-state index contributed by atoms with van der Waals surface area (Å²) in [5.74, 6) is 0.763. The van der Waals surface area contributed by atoms with Gasteiger partial charge in [0.2, 0.25) is 0 Å². The predicted molar refractivity (Wildman–Crippen MR) is 220 cm³/mol. The zero-order chi connectivity index (χ0) is 35.6. The second kappa shape index (κ2) is 12.3. The maximum Gasteiger partial charge on any atom is 0.154 e. The van der Waals surface area contributed by atoms with Crippen molar-refractivity contribution in [2.75, 3.05) is 0 Å². The van der Waals surface area contributed by atoms with Gasteiger partial charge in [0.15, 0.2) is 5.58 Å². The largest absolute Gasteiger partial charge is 0.454 e. The van der Waals surface area contributed by atoms with Gasteiger partial charge in [-0.25, -0.2) is 4.99 Å². The molecular weight excluding hydrogens is 663 g/mol. The van der Waals surface area contributed by atoms with Gasteiger partial charge in [-0.15, -0.1) is 0 Å². The average molecular weight is 696 g/mol. The molecule has 54 heavy (non-hydrogen) atoms. The second-order valence-electron chi connectivity index (χ2n) is 13.9. The van der Waals surface area contributed by atoms with Gasteiger partial charge in [-0.1, -0.05) is 127 Å². The van der Waals surface area contributed by atoms with Crippen molar-refractivity contribution < 1.29 is 4.42 Å². The van der Waals surface area contributed by atoms with E-state index in [2.05, 4.69) is 172 Å². The molecule has 0 radical (unpaired) electrons. The first-order valence-corrected chi connectivity index (χ1v) is 18.3. The van der Waals surface area contributed by atoms with Crippen LogP contribution in [0.25, 0.3) is 71.3 Å². The molecule has 0 saturated carbocycles. The van der Waals surface area contributed by atoms with Gasteiger partial charge in [-0.2, -0.15) is 0 Å². The number of furan rings is 1. The highest BCUT2D eigenvalue weighted by Crippen LogP contribution is 2.38. The molecule has 256 valence electrons. The normalized spacial score (nSPS) is 16.0. The third-order valence-corrected chi connectivity index (χ3v) is 10.7. The Bertz CT molecular complexity index is 3050. The molecule has 7 aromatic carbocycles. The number of benzene rings is 7. The van der Waals surface area contributed by atoms with Crippen LogP contribution >= 0.6 is 0 Å². The Balaban J connectivity index is 1.03. The molecular formula is C48H33N5O. The third kappa shape index (κ3) is 4.99. The highest BCUT2D eigenvalue weighted by molar-refractivity contribution is 6.18. The zero-order valence-corrected chi connectivity index (χ0v) is 29.1. The van der Waals surface area contributed by atoms with Gasteiger partial charge in [-0.3, -0.25) is 10.3 Å². The Kier molecular flexibility index (Phi) is 6.97. The molecule has 1 aliphatic heterocycles. The molecule has 2 unspecified atom stereocenters. The standard InChI is InChI=1S/C48H33N5O/c1-3-11-30(12-4-1)31-19-21-33(22-20-31)47-50-46(32-13-5-2-6-14-32)51-48(52-47)40-28-49-29-44-45(40)38-24-23-36(27-43(38)54-44)53-41-18-10-9-17-37(41)39-25-34-15-7-8-16-35(34)26-42(39)53/h1-29,46-47,50H,(H,51,52). The maximum atomic E-state index is 6.62. The van der Waals surface area contributed by atoms with Crippen molar-refractivity contribution >= 4 is 60.4 Å². The van der Waals surface area contributed by atoms with Crippen LogP contribution in [0.4, 0.5) is 0 Å². The van der Waals surface area contributed by atoms with Crippen LogP contribution in [-0.4, -0.2) is 15.4 Å². The van der Waals surface area contributed by atoms with Crippen molar-refractivity contribution in [3.8, 4) is 16.8 Å². The number of pyridine rings is 1. The maximum absolute atomic E-state index is 6.62. The number of aliphatic imine (C=N–C) groups is 1.